The van der Waals surface area contributed by atoms with Crippen molar-refractivity contribution in [2.24, 2.45) is 0 Å². The first kappa shape index (κ1) is 26.0. The minimum Gasteiger partial charge on any atom is -0.352 e. The van der Waals surface area contributed by atoms with Gasteiger partial charge in [0, 0.05) is 40.5 Å². The van der Waals surface area contributed by atoms with Crippen LogP contribution in [0, 0.1) is 0 Å². The summed E-state index contributed by atoms with van der Waals surface area (Å²) >= 11 is 5.13. The summed E-state index contributed by atoms with van der Waals surface area (Å²) in [5.74, 6) is 0.509. The summed E-state index contributed by atoms with van der Waals surface area (Å²) in [7, 11) is 0. The van der Waals surface area contributed by atoms with Crippen LogP contribution in [0.3, 0.4) is 0 Å². The molecule has 4 nitrogen and oxygen atoms in total. The van der Waals surface area contributed by atoms with Gasteiger partial charge in [-0.1, -0.05) is 76.6 Å². The Morgan fingerprint density at radius 2 is 1.50 bits per heavy atom. The summed E-state index contributed by atoms with van der Waals surface area (Å²) in [6, 6.07) is 27.2. The summed E-state index contributed by atoms with van der Waals surface area (Å²) in [5.41, 5.74) is 2.02. The third-order valence-electron chi connectivity index (χ3n) is 5.30. The second kappa shape index (κ2) is 13.4. The van der Waals surface area contributed by atoms with E-state index in [4.69, 9.17) is 0 Å². The molecule has 2 amide bonds. The van der Waals surface area contributed by atoms with Crippen LogP contribution in [-0.2, 0) is 22.6 Å². The van der Waals surface area contributed by atoms with Gasteiger partial charge in [-0.05, 0) is 49.2 Å². The first-order chi connectivity index (χ1) is 16.4. The van der Waals surface area contributed by atoms with Crippen LogP contribution in [0.4, 0.5) is 0 Å². The van der Waals surface area contributed by atoms with Gasteiger partial charge in [0.2, 0.25) is 11.8 Å². The maximum atomic E-state index is 13.5. The lowest BCUT2D eigenvalue weighted by Crippen LogP contribution is -2.51. The predicted molar refractivity (Wildman–Crippen MR) is 144 cm³/mol. The third kappa shape index (κ3) is 8.33. The van der Waals surface area contributed by atoms with Crippen LogP contribution in [-0.4, -0.2) is 34.6 Å². The van der Waals surface area contributed by atoms with E-state index < -0.39 is 6.04 Å². The fraction of sp³-hybridized carbons (Fsp3) is 0.286. The first-order valence-corrected chi connectivity index (χ1v) is 13.3. The van der Waals surface area contributed by atoms with Gasteiger partial charge in [0.05, 0.1) is 0 Å². The Kier molecular flexibility index (Phi) is 10.2. The van der Waals surface area contributed by atoms with Gasteiger partial charge >= 0.3 is 0 Å². The van der Waals surface area contributed by atoms with Crippen LogP contribution in [0.5, 0.6) is 0 Å². The standard InChI is InChI=1S/C28H31BrN2O2S/c1-21(2)30-28(33)26(19-22-9-5-3-6-10-22)31(20-23-13-15-24(29)16-14-23)27(32)17-18-34-25-11-7-4-8-12-25/h3-16,21,26H,17-20H2,1-2H3,(H,30,33)/t26-/m0/s1. The molecule has 0 spiro atoms. The zero-order valence-corrected chi connectivity index (χ0v) is 22.0. The van der Waals surface area contributed by atoms with E-state index in [9.17, 15) is 9.59 Å². The summed E-state index contributed by atoms with van der Waals surface area (Å²) in [5, 5.41) is 3.03. The predicted octanol–water partition coefficient (Wildman–Crippen LogP) is 6.10. The molecule has 0 aromatic heterocycles. The smallest absolute Gasteiger partial charge is 0.243 e. The molecule has 1 N–H and O–H groups in total. The molecule has 3 rings (SSSR count). The van der Waals surface area contributed by atoms with Gasteiger partial charge in [-0.2, -0.15) is 0 Å². The number of benzene rings is 3. The van der Waals surface area contributed by atoms with Crippen LogP contribution >= 0.6 is 27.7 Å². The molecule has 0 aliphatic carbocycles. The number of thioether (sulfide) groups is 1. The lowest BCUT2D eigenvalue weighted by atomic mass is 10.0. The van der Waals surface area contributed by atoms with Crippen molar-refractivity contribution in [3.63, 3.8) is 0 Å². The highest BCUT2D eigenvalue weighted by Gasteiger charge is 2.30. The molecule has 0 aliphatic rings. The molecule has 0 radical (unpaired) electrons. The molecular weight excluding hydrogens is 508 g/mol. The number of carbonyl (C=O) groups is 2. The van der Waals surface area contributed by atoms with Crippen LogP contribution in [0.25, 0.3) is 0 Å². The van der Waals surface area contributed by atoms with E-state index in [2.05, 4.69) is 21.2 Å². The number of amides is 2. The maximum Gasteiger partial charge on any atom is 0.243 e. The van der Waals surface area contributed by atoms with Crippen LogP contribution in [0.2, 0.25) is 0 Å². The fourth-order valence-electron chi connectivity index (χ4n) is 3.64. The van der Waals surface area contributed by atoms with Crippen molar-refractivity contribution in [1.82, 2.24) is 10.2 Å². The minimum absolute atomic E-state index is 0.0101. The Morgan fingerprint density at radius 3 is 2.12 bits per heavy atom. The molecular formula is C28H31BrN2O2S. The number of halogens is 1. The zero-order chi connectivity index (χ0) is 24.3. The van der Waals surface area contributed by atoms with Crippen molar-refractivity contribution in [2.45, 2.75) is 50.2 Å². The molecule has 3 aromatic rings. The molecule has 178 valence electrons. The van der Waals surface area contributed by atoms with Crippen molar-refractivity contribution < 1.29 is 9.59 Å². The topological polar surface area (TPSA) is 49.4 Å². The lowest BCUT2D eigenvalue weighted by molar-refractivity contribution is -0.141. The minimum atomic E-state index is -0.595. The molecule has 34 heavy (non-hydrogen) atoms. The zero-order valence-electron chi connectivity index (χ0n) is 19.6. The molecule has 0 heterocycles. The van der Waals surface area contributed by atoms with E-state index in [0.717, 1.165) is 20.5 Å². The monoisotopic (exact) mass is 538 g/mol. The molecule has 0 saturated carbocycles. The highest BCUT2D eigenvalue weighted by molar-refractivity contribution is 9.10. The Bertz CT molecular complexity index is 1040. The molecule has 0 bridgehead atoms. The van der Waals surface area contributed by atoms with Crippen LogP contribution < -0.4 is 5.32 Å². The van der Waals surface area contributed by atoms with Gasteiger partial charge in [-0.3, -0.25) is 9.59 Å². The van der Waals surface area contributed by atoms with Crippen molar-refractivity contribution >= 4 is 39.5 Å². The van der Waals surface area contributed by atoms with E-state index >= 15 is 0 Å². The maximum absolute atomic E-state index is 13.5. The third-order valence-corrected chi connectivity index (χ3v) is 6.84. The van der Waals surface area contributed by atoms with Gasteiger partial charge in [0.15, 0.2) is 0 Å². The van der Waals surface area contributed by atoms with Crippen molar-refractivity contribution in [1.29, 1.82) is 0 Å². The van der Waals surface area contributed by atoms with Crippen LogP contribution in [0.1, 0.15) is 31.4 Å². The summed E-state index contributed by atoms with van der Waals surface area (Å²) in [6.45, 7) is 4.26. The van der Waals surface area contributed by atoms with E-state index in [1.54, 1.807) is 16.7 Å². The van der Waals surface area contributed by atoms with Gasteiger partial charge < -0.3 is 10.2 Å². The molecule has 0 fully saturated rings. The Balaban J connectivity index is 1.84. The quantitative estimate of drug-likeness (QED) is 0.300. The molecule has 1 atom stereocenters. The van der Waals surface area contributed by atoms with Crippen molar-refractivity contribution in [3.05, 3.63) is 101 Å². The average Bonchev–Trinajstić information content (AvgIpc) is 2.83. The van der Waals surface area contributed by atoms with E-state index in [0.29, 0.717) is 25.1 Å². The second-order valence-electron chi connectivity index (χ2n) is 8.43. The summed E-state index contributed by atoms with van der Waals surface area (Å²) < 4.78 is 0.978. The lowest BCUT2D eigenvalue weighted by Gasteiger charge is -2.32. The van der Waals surface area contributed by atoms with Gasteiger partial charge in [0.1, 0.15) is 6.04 Å². The number of nitrogens with zero attached hydrogens (tertiary/aromatic N) is 1. The molecule has 6 heteroatoms. The Hall–Kier alpha value is -2.57. The van der Waals surface area contributed by atoms with Gasteiger partial charge in [0.25, 0.3) is 0 Å². The van der Waals surface area contributed by atoms with Crippen molar-refractivity contribution in [3.8, 4) is 0 Å². The first-order valence-electron chi connectivity index (χ1n) is 11.5. The van der Waals surface area contributed by atoms with Crippen LogP contribution in [0.15, 0.2) is 94.3 Å². The summed E-state index contributed by atoms with van der Waals surface area (Å²) in [4.78, 5) is 29.8. The number of carbonyl (C=O) groups excluding carboxylic acids is 2. The number of nitrogens with one attached hydrogen (secondary N) is 1. The normalized spacial score (nSPS) is 11.8. The molecule has 3 aromatic carbocycles. The molecule has 0 unspecified atom stereocenters. The molecule has 0 aliphatic heterocycles. The molecule has 0 saturated heterocycles. The number of rotatable bonds is 11. The highest BCUT2D eigenvalue weighted by atomic mass is 79.9. The van der Waals surface area contributed by atoms with Gasteiger partial charge in [-0.25, -0.2) is 0 Å². The van der Waals surface area contributed by atoms with E-state index in [1.807, 2.05) is 98.8 Å². The summed E-state index contributed by atoms with van der Waals surface area (Å²) in [6.07, 6.45) is 0.823. The number of hydrogen-bond acceptors (Lipinski definition) is 3. The Labute approximate surface area is 215 Å². The largest absolute Gasteiger partial charge is 0.352 e. The second-order valence-corrected chi connectivity index (χ2v) is 10.5. The number of hydrogen-bond donors (Lipinski definition) is 1. The van der Waals surface area contributed by atoms with Gasteiger partial charge in [-0.15, -0.1) is 11.8 Å². The fourth-order valence-corrected chi connectivity index (χ4v) is 4.76. The van der Waals surface area contributed by atoms with Crippen molar-refractivity contribution in [2.75, 3.05) is 5.75 Å². The highest BCUT2D eigenvalue weighted by Crippen LogP contribution is 2.21. The van der Waals surface area contributed by atoms with E-state index in [-0.39, 0.29) is 17.9 Å². The SMILES string of the molecule is CC(C)NC(=O)[C@H](Cc1ccccc1)N(Cc1ccc(Br)cc1)C(=O)CCSc1ccccc1. The average molecular weight is 540 g/mol. The Morgan fingerprint density at radius 1 is 0.882 bits per heavy atom. The van der Waals surface area contributed by atoms with E-state index in [1.165, 1.54) is 0 Å².